The predicted octanol–water partition coefficient (Wildman–Crippen LogP) is 1.35. The van der Waals surface area contributed by atoms with Gasteiger partial charge in [0.15, 0.2) is 0 Å². The summed E-state index contributed by atoms with van der Waals surface area (Å²) in [5, 5.41) is 0. The van der Waals surface area contributed by atoms with Gasteiger partial charge in [-0.25, -0.2) is 9.59 Å². The van der Waals surface area contributed by atoms with Crippen LogP contribution in [-0.4, -0.2) is 36.4 Å². The molecule has 0 aromatic carbocycles. The summed E-state index contributed by atoms with van der Waals surface area (Å²) in [5.74, 6) is -1.02. The van der Waals surface area contributed by atoms with Crippen LogP contribution in [0.1, 0.15) is 34.6 Å². The normalized spacial score (nSPS) is 13.6. The predicted molar refractivity (Wildman–Crippen MR) is 60.4 cm³/mol. The molecule has 0 unspecified atom stereocenters. The summed E-state index contributed by atoms with van der Waals surface area (Å²) in [4.78, 5) is 26.1. The van der Waals surface area contributed by atoms with E-state index in [0.717, 1.165) is 6.21 Å². The molecule has 0 aliphatic heterocycles. The molecule has 0 aliphatic rings. The van der Waals surface area contributed by atoms with Crippen molar-refractivity contribution in [1.82, 2.24) is 0 Å². The van der Waals surface area contributed by atoms with Gasteiger partial charge in [0.2, 0.25) is 0 Å². The minimum Gasteiger partial charge on any atom is -0.462 e. The summed E-state index contributed by atoms with van der Waals surface area (Å²) in [7, 11) is 0. The number of ether oxygens (including phenoxy) is 2. The molecule has 0 aliphatic carbocycles. The fourth-order valence-electron chi connectivity index (χ4n) is 0.800. The van der Waals surface area contributed by atoms with Gasteiger partial charge in [0.1, 0.15) is 17.9 Å². The summed E-state index contributed by atoms with van der Waals surface area (Å²) >= 11 is 0. The molecule has 0 saturated heterocycles. The van der Waals surface area contributed by atoms with Crippen LogP contribution in [-0.2, 0) is 19.1 Å². The van der Waals surface area contributed by atoms with Gasteiger partial charge in [-0.05, 0) is 34.6 Å². The van der Waals surface area contributed by atoms with Crippen LogP contribution in [0.2, 0.25) is 0 Å². The van der Waals surface area contributed by atoms with Gasteiger partial charge >= 0.3 is 11.9 Å². The van der Waals surface area contributed by atoms with Gasteiger partial charge in [-0.3, -0.25) is 4.99 Å². The molecular weight excluding hydrogens is 210 g/mol. The van der Waals surface area contributed by atoms with E-state index in [2.05, 4.69) is 9.73 Å². The number of hydrogen-bond donors (Lipinski definition) is 0. The largest absolute Gasteiger partial charge is 0.462 e. The van der Waals surface area contributed by atoms with Gasteiger partial charge in [-0.2, -0.15) is 0 Å². The Morgan fingerprint density at radius 3 is 2.38 bits per heavy atom. The molecule has 0 heterocycles. The highest BCUT2D eigenvalue weighted by molar-refractivity contribution is 6.23. The second-order valence-electron chi connectivity index (χ2n) is 4.24. The lowest BCUT2D eigenvalue weighted by Gasteiger charge is -2.20. The quantitative estimate of drug-likeness (QED) is 0.539. The van der Waals surface area contributed by atoms with E-state index in [1.54, 1.807) is 34.6 Å². The van der Waals surface area contributed by atoms with Crippen LogP contribution in [0.5, 0.6) is 0 Å². The van der Waals surface area contributed by atoms with E-state index in [0.29, 0.717) is 0 Å². The molecule has 0 radical (unpaired) electrons. The standard InChI is InChI=1S/C11H19NO4/c1-6-15-9(13)7-12-8(2)10(14)16-11(3,4)5/h7-8H,6H2,1-5H3/t8-/m0/s1. The minimum absolute atomic E-state index is 0.283. The van der Waals surface area contributed by atoms with Crippen molar-refractivity contribution >= 4 is 18.2 Å². The van der Waals surface area contributed by atoms with Crippen LogP contribution in [0.3, 0.4) is 0 Å². The highest BCUT2D eigenvalue weighted by Crippen LogP contribution is 2.09. The molecule has 0 spiro atoms. The number of carbonyl (C=O) groups excluding carboxylic acids is 2. The van der Waals surface area contributed by atoms with Crippen molar-refractivity contribution in [3.63, 3.8) is 0 Å². The Hall–Kier alpha value is -1.39. The van der Waals surface area contributed by atoms with Gasteiger partial charge in [0.25, 0.3) is 0 Å². The average Bonchev–Trinajstić information content (AvgIpc) is 2.11. The first kappa shape index (κ1) is 14.6. The summed E-state index contributed by atoms with van der Waals surface area (Å²) in [6.45, 7) is 8.85. The number of aliphatic imine (C=N–C) groups is 1. The first-order valence-corrected chi connectivity index (χ1v) is 5.19. The fourth-order valence-corrected chi connectivity index (χ4v) is 0.800. The highest BCUT2D eigenvalue weighted by Gasteiger charge is 2.20. The lowest BCUT2D eigenvalue weighted by molar-refractivity contribution is -0.155. The van der Waals surface area contributed by atoms with Crippen LogP contribution in [0, 0.1) is 0 Å². The van der Waals surface area contributed by atoms with E-state index in [1.807, 2.05) is 0 Å². The molecular formula is C11H19NO4. The maximum atomic E-state index is 11.4. The number of carbonyl (C=O) groups is 2. The van der Waals surface area contributed by atoms with E-state index >= 15 is 0 Å². The van der Waals surface area contributed by atoms with Gasteiger partial charge in [-0.15, -0.1) is 0 Å². The Morgan fingerprint density at radius 1 is 1.38 bits per heavy atom. The topological polar surface area (TPSA) is 65.0 Å². The number of hydrogen-bond acceptors (Lipinski definition) is 5. The first-order valence-electron chi connectivity index (χ1n) is 5.19. The SMILES string of the molecule is CCOC(=O)C=N[C@@H](C)C(=O)OC(C)(C)C. The molecule has 0 N–H and O–H groups in total. The molecule has 0 bridgehead atoms. The molecule has 0 rings (SSSR count). The first-order chi connectivity index (χ1) is 7.26. The summed E-state index contributed by atoms with van der Waals surface area (Å²) in [6, 6.07) is -0.705. The maximum absolute atomic E-state index is 11.4. The van der Waals surface area contributed by atoms with Crippen LogP contribution < -0.4 is 0 Å². The van der Waals surface area contributed by atoms with E-state index in [1.165, 1.54) is 0 Å². The smallest absolute Gasteiger partial charge is 0.348 e. The van der Waals surface area contributed by atoms with Gasteiger partial charge in [0.05, 0.1) is 6.61 Å². The molecule has 0 amide bonds. The lowest BCUT2D eigenvalue weighted by atomic mass is 10.2. The Balaban J connectivity index is 4.20. The lowest BCUT2D eigenvalue weighted by Crippen LogP contribution is -2.29. The third kappa shape index (κ3) is 6.98. The molecule has 92 valence electrons. The Bertz CT molecular complexity index is 278. The zero-order chi connectivity index (χ0) is 12.8. The van der Waals surface area contributed by atoms with E-state index in [9.17, 15) is 9.59 Å². The van der Waals surface area contributed by atoms with Crippen molar-refractivity contribution < 1.29 is 19.1 Å². The zero-order valence-corrected chi connectivity index (χ0v) is 10.4. The van der Waals surface area contributed by atoms with Crippen molar-refractivity contribution in [2.45, 2.75) is 46.3 Å². The third-order valence-corrected chi connectivity index (χ3v) is 1.44. The van der Waals surface area contributed by atoms with Gasteiger partial charge in [-0.1, -0.05) is 0 Å². The molecule has 0 fully saturated rings. The molecule has 1 atom stereocenters. The number of rotatable bonds is 4. The Kier molecular flexibility index (Phi) is 5.71. The molecule has 0 aromatic rings. The second kappa shape index (κ2) is 6.25. The van der Waals surface area contributed by atoms with Crippen LogP contribution in [0.25, 0.3) is 0 Å². The van der Waals surface area contributed by atoms with Crippen molar-refractivity contribution in [2.24, 2.45) is 4.99 Å². The Labute approximate surface area is 95.8 Å². The van der Waals surface area contributed by atoms with Crippen molar-refractivity contribution in [2.75, 3.05) is 6.61 Å². The molecule has 0 aromatic heterocycles. The summed E-state index contributed by atoms with van der Waals surface area (Å²) < 4.78 is 9.72. The maximum Gasteiger partial charge on any atom is 0.348 e. The molecule has 5 nitrogen and oxygen atoms in total. The van der Waals surface area contributed by atoms with Gasteiger partial charge in [0, 0.05) is 0 Å². The Morgan fingerprint density at radius 2 is 1.94 bits per heavy atom. The van der Waals surface area contributed by atoms with Crippen LogP contribution >= 0.6 is 0 Å². The average molecular weight is 229 g/mol. The summed E-state index contributed by atoms with van der Waals surface area (Å²) in [5.41, 5.74) is -0.551. The van der Waals surface area contributed by atoms with Gasteiger partial charge < -0.3 is 9.47 Å². The van der Waals surface area contributed by atoms with E-state index in [4.69, 9.17) is 4.74 Å². The van der Waals surface area contributed by atoms with Crippen LogP contribution in [0.4, 0.5) is 0 Å². The second-order valence-corrected chi connectivity index (χ2v) is 4.24. The van der Waals surface area contributed by atoms with Crippen molar-refractivity contribution in [3.05, 3.63) is 0 Å². The third-order valence-electron chi connectivity index (χ3n) is 1.44. The number of nitrogens with zero attached hydrogens (tertiary/aromatic N) is 1. The summed E-state index contributed by atoms with van der Waals surface area (Å²) in [6.07, 6.45) is 0.998. The zero-order valence-electron chi connectivity index (χ0n) is 10.4. The monoisotopic (exact) mass is 229 g/mol. The van der Waals surface area contributed by atoms with E-state index < -0.39 is 23.6 Å². The molecule has 16 heavy (non-hydrogen) atoms. The minimum atomic E-state index is -0.705. The molecule has 0 saturated carbocycles. The van der Waals surface area contributed by atoms with Crippen molar-refractivity contribution in [3.8, 4) is 0 Å². The molecule has 5 heteroatoms. The van der Waals surface area contributed by atoms with Crippen LogP contribution in [0.15, 0.2) is 4.99 Å². The van der Waals surface area contributed by atoms with Crippen molar-refractivity contribution in [1.29, 1.82) is 0 Å². The highest BCUT2D eigenvalue weighted by atomic mass is 16.6. The van der Waals surface area contributed by atoms with E-state index in [-0.39, 0.29) is 6.61 Å². The number of esters is 2. The fraction of sp³-hybridized carbons (Fsp3) is 0.727.